The summed E-state index contributed by atoms with van der Waals surface area (Å²) < 4.78 is 10.6. The summed E-state index contributed by atoms with van der Waals surface area (Å²) in [4.78, 5) is 25.4. The zero-order valence-corrected chi connectivity index (χ0v) is 15.0. The van der Waals surface area contributed by atoms with Crippen LogP contribution in [0, 0.1) is 11.3 Å². The van der Waals surface area contributed by atoms with Crippen molar-refractivity contribution in [2.24, 2.45) is 11.3 Å². The normalized spacial score (nSPS) is 16.1. The van der Waals surface area contributed by atoms with Crippen LogP contribution in [0.15, 0.2) is 0 Å². The summed E-state index contributed by atoms with van der Waals surface area (Å²) in [6.07, 6.45) is 6.77. The minimum atomic E-state index is -1.16. The van der Waals surface area contributed by atoms with Crippen LogP contribution in [0.3, 0.4) is 0 Å². The summed E-state index contributed by atoms with van der Waals surface area (Å²) in [7, 11) is 0. The topological polar surface area (TPSA) is 64.6 Å². The van der Waals surface area contributed by atoms with Crippen molar-refractivity contribution in [3.05, 3.63) is 0 Å². The first-order valence-corrected chi connectivity index (χ1v) is 9.15. The molecule has 5 heteroatoms. The summed E-state index contributed by atoms with van der Waals surface area (Å²) in [5.41, 5.74) is -1.16. The predicted octanol–water partition coefficient (Wildman–Crippen LogP) is 3.07. The lowest BCUT2D eigenvalue weighted by atomic mass is 9.72. The highest BCUT2D eigenvalue weighted by atomic mass is 16.6. The molecule has 1 aliphatic rings. The number of ether oxygens (including phenoxy) is 2. The highest BCUT2D eigenvalue weighted by Crippen LogP contribution is 2.39. The molecule has 0 spiro atoms. The van der Waals surface area contributed by atoms with Gasteiger partial charge in [0.05, 0.1) is 13.2 Å². The molecule has 1 saturated carbocycles. The fourth-order valence-corrected chi connectivity index (χ4v) is 3.46. The Balaban J connectivity index is 2.98. The molecule has 0 aromatic rings. The Morgan fingerprint density at radius 1 is 1.00 bits per heavy atom. The van der Waals surface area contributed by atoms with E-state index in [1.165, 1.54) is 19.3 Å². The lowest BCUT2D eigenvalue weighted by Crippen LogP contribution is -2.45. The molecule has 0 atom stereocenters. The highest BCUT2D eigenvalue weighted by Gasteiger charge is 2.49. The summed E-state index contributed by atoms with van der Waals surface area (Å²) in [5, 5.41) is 3.22. The smallest absolute Gasteiger partial charge is 0.323 e. The van der Waals surface area contributed by atoms with Crippen LogP contribution in [0.25, 0.3) is 0 Å². The zero-order valence-electron chi connectivity index (χ0n) is 15.0. The van der Waals surface area contributed by atoms with Gasteiger partial charge >= 0.3 is 11.9 Å². The minimum Gasteiger partial charge on any atom is -0.465 e. The number of carbonyl (C=O) groups is 2. The van der Waals surface area contributed by atoms with Crippen LogP contribution in [0.5, 0.6) is 0 Å². The fraction of sp³-hybridized carbons (Fsp3) is 0.889. The molecule has 0 unspecified atom stereocenters. The Bertz CT molecular complexity index is 346. The van der Waals surface area contributed by atoms with Crippen LogP contribution in [0.4, 0.5) is 0 Å². The SMILES string of the molecule is CCNCCC(CC1CCCCC1)(C(=O)OCC)C(=O)OCC. The second kappa shape index (κ2) is 10.6. The number of rotatable bonds is 10. The van der Waals surface area contributed by atoms with E-state index in [0.29, 0.717) is 25.3 Å². The van der Waals surface area contributed by atoms with E-state index in [0.717, 1.165) is 19.4 Å². The van der Waals surface area contributed by atoms with Crippen LogP contribution in [0.1, 0.15) is 65.7 Å². The van der Waals surface area contributed by atoms with E-state index >= 15 is 0 Å². The maximum Gasteiger partial charge on any atom is 0.323 e. The molecule has 1 rings (SSSR count). The predicted molar refractivity (Wildman–Crippen MR) is 90.1 cm³/mol. The van der Waals surface area contributed by atoms with Crippen molar-refractivity contribution in [3.8, 4) is 0 Å². The van der Waals surface area contributed by atoms with Crippen molar-refractivity contribution in [2.45, 2.75) is 65.7 Å². The Kier molecular flexibility index (Phi) is 9.22. The van der Waals surface area contributed by atoms with Gasteiger partial charge in [0.2, 0.25) is 0 Å². The third-order valence-electron chi connectivity index (χ3n) is 4.67. The van der Waals surface area contributed by atoms with Crippen LogP contribution in [-0.4, -0.2) is 38.2 Å². The Labute approximate surface area is 140 Å². The second-order valence-electron chi connectivity index (χ2n) is 6.33. The monoisotopic (exact) mass is 327 g/mol. The van der Waals surface area contributed by atoms with Gasteiger partial charge in [-0.05, 0) is 45.7 Å². The molecule has 0 amide bonds. The molecule has 0 radical (unpaired) electrons. The van der Waals surface area contributed by atoms with Gasteiger partial charge in [0.25, 0.3) is 0 Å². The third kappa shape index (κ3) is 5.79. The molecule has 134 valence electrons. The van der Waals surface area contributed by atoms with Crippen molar-refractivity contribution in [2.75, 3.05) is 26.3 Å². The first-order chi connectivity index (χ1) is 11.1. The van der Waals surface area contributed by atoms with Gasteiger partial charge < -0.3 is 14.8 Å². The summed E-state index contributed by atoms with van der Waals surface area (Å²) in [5.74, 6) is -0.428. The van der Waals surface area contributed by atoms with Crippen molar-refractivity contribution >= 4 is 11.9 Å². The molecule has 1 fully saturated rings. The second-order valence-corrected chi connectivity index (χ2v) is 6.33. The minimum absolute atomic E-state index is 0.284. The molecule has 0 aromatic heterocycles. The van der Waals surface area contributed by atoms with Crippen molar-refractivity contribution in [1.29, 1.82) is 0 Å². The van der Waals surface area contributed by atoms with Crippen LogP contribution in [-0.2, 0) is 19.1 Å². The summed E-state index contributed by atoms with van der Waals surface area (Å²) in [6.45, 7) is 7.55. The maximum absolute atomic E-state index is 12.7. The van der Waals surface area contributed by atoms with E-state index in [9.17, 15) is 9.59 Å². The van der Waals surface area contributed by atoms with E-state index in [-0.39, 0.29) is 13.2 Å². The summed E-state index contributed by atoms with van der Waals surface area (Å²) >= 11 is 0. The Morgan fingerprint density at radius 3 is 2.04 bits per heavy atom. The molecule has 1 aliphatic carbocycles. The third-order valence-corrected chi connectivity index (χ3v) is 4.67. The van der Waals surface area contributed by atoms with Crippen molar-refractivity contribution < 1.29 is 19.1 Å². The maximum atomic E-state index is 12.7. The van der Waals surface area contributed by atoms with Gasteiger partial charge in [-0.3, -0.25) is 9.59 Å². The van der Waals surface area contributed by atoms with Crippen LogP contribution >= 0.6 is 0 Å². The number of hydrogen-bond acceptors (Lipinski definition) is 5. The molecule has 23 heavy (non-hydrogen) atoms. The summed E-state index contributed by atoms with van der Waals surface area (Å²) in [6, 6.07) is 0. The average molecular weight is 327 g/mol. The molecule has 0 bridgehead atoms. The highest BCUT2D eigenvalue weighted by molar-refractivity contribution is 6.00. The number of hydrogen-bond donors (Lipinski definition) is 1. The van der Waals surface area contributed by atoms with Crippen LogP contribution < -0.4 is 5.32 Å². The molecule has 0 aliphatic heterocycles. The van der Waals surface area contributed by atoms with Gasteiger partial charge in [0.1, 0.15) is 0 Å². The van der Waals surface area contributed by atoms with Gasteiger partial charge in [0.15, 0.2) is 5.41 Å². The van der Waals surface area contributed by atoms with E-state index in [1.807, 2.05) is 6.92 Å². The lowest BCUT2D eigenvalue weighted by molar-refractivity contribution is -0.174. The van der Waals surface area contributed by atoms with Gasteiger partial charge in [-0.1, -0.05) is 39.0 Å². The number of esters is 2. The Hall–Kier alpha value is -1.10. The first kappa shape index (κ1) is 19.9. The average Bonchev–Trinajstić information content (AvgIpc) is 2.55. The molecular weight excluding hydrogens is 294 g/mol. The van der Waals surface area contributed by atoms with E-state index in [1.54, 1.807) is 13.8 Å². The van der Waals surface area contributed by atoms with Gasteiger partial charge in [-0.15, -0.1) is 0 Å². The standard InChI is InChI=1S/C18H33NO4/c1-4-19-13-12-18(16(20)22-5-2,17(21)23-6-3)14-15-10-8-7-9-11-15/h15,19H,4-14H2,1-3H3. The quantitative estimate of drug-likeness (QED) is 0.379. The van der Waals surface area contributed by atoms with E-state index in [4.69, 9.17) is 9.47 Å². The van der Waals surface area contributed by atoms with Crippen molar-refractivity contribution in [3.63, 3.8) is 0 Å². The zero-order chi connectivity index (χ0) is 17.1. The van der Waals surface area contributed by atoms with Gasteiger partial charge in [0, 0.05) is 0 Å². The van der Waals surface area contributed by atoms with E-state index in [2.05, 4.69) is 5.32 Å². The molecule has 0 aromatic carbocycles. The molecule has 0 heterocycles. The molecule has 0 saturated heterocycles. The Morgan fingerprint density at radius 2 is 1.57 bits per heavy atom. The lowest BCUT2D eigenvalue weighted by Gasteiger charge is -2.34. The van der Waals surface area contributed by atoms with E-state index < -0.39 is 17.4 Å². The number of carbonyl (C=O) groups excluding carboxylic acids is 2. The molecule has 1 N–H and O–H groups in total. The van der Waals surface area contributed by atoms with Gasteiger partial charge in [-0.2, -0.15) is 0 Å². The number of nitrogens with one attached hydrogen (secondary N) is 1. The van der Waals surface area contributed by atoms with Crippen molar-refractivity contribution in [1.82, 2.24) is 5.32 Å². The fourth-order valence-electron chi connectivity index (χ4n) is 3.46. The molecule has 5 nitrogen and oxygen atoms in total. The van der Waals surface area contributed by atoms with Gasteiger partial charge in [-0.25, -0.2) is 0 Å². The first-order valence-electron chi connectivity index (χ1n) is 9.15. The largest absolute Gasteiger partial charge is 0.465 e. The molecular formula is C18H33NO4. The van der Waals surface area contributed by atoms with Crippen LogP contribution in [0.2, 0.25) is 0 Å².